The van der Waals surface area contributed by atoms with Gasteiger partial charge in [0.1, 0.15) is 30.9 Å². The molecule has 0 bridgehead atoms. The fourth-order valence-electron chi connectivity index (χ4n) is 3.81. The highest BCUT2D eigenvalue weighted by Crippen LogP contribution is 2.31. The third-order valence-electron chi connectivity index (χ3n) is 5.25. The summed E-state index contributed by atoms with van der Waals surface area (Å²) in [4.78, 5) is 6.52. The van der Waals surface area contributed by atoms with Gasteiger partial charge in [-0.05, 0) is 19.1 Å². The molecule has 0 spiro atoms. The highest BCUT2D eigenvalue weighted by molar-refractivity contribution is 5.49. The number of hydrogen-bond donors (Lipinski definition) is 0. The van der Waals surface area contributed by atoms with Crippen molar-refractivity contribution in [3.63, 3.8) is 0 Å². The molecule has 0 N–H and O–H groups in total. The average Bonchev–Trinajstić information content (AvgIpc) is 3.28. The molecule has 0 amide bonds. The summed E-state index contributed by atoms with van der Waals surface area (Å²) >= 11 is 0. The van der Waals surface area contributed by atoms with Gasteiger partial charge in [-0.2, -0.15) is 5.10 Å². The van der Waals surface area contributed by atoms with Crippen molar-refractivity contribution in [2.24, 2.45) is 0 Å². The van der Waals surface area contributed by atoms with Crippen LogP contribution in [0, 0.1) is 5.82 Å². The van der Waals surface area contributed by atoms with Gasteiger partial charge < -0.3 is 14.2 Å². The Bertz CT molecular complexity index is 1010. The van der Waals surface area contributed by atoms with E-state index in [4.69, 9.17) is 14.2 Å². The maximum atomic E-state index is 14.5. The van der Waals surface area contributed by atoms with E-state index in [2.05, 4.69) is 21.9 Å². The van der Waals surface area contributed by atoms with Gasteiger partial charge in [-0.25, -0.2) is 13.9 Å². The second kappa shape index (κ2) is 6.94. The predicted molar refractivity (Wildman–Crippen MR) is 99.3 cm³/mol. The lowest BCUT2D eigenvalue weighted by Gasteiger charge is -2.22. The predicted octanol–water partition coefficient (Wildman–Crippen LogP) is 2.68. The molecule has 5 heterocycles. The Morgan fingerprint density at radius 3 is 3.07 bits per heavy atom. The lowest BCUT2D eigenvalue weighted by molar-refractivity contribution is 0.160. The highest BCUT2D eigenvalue weighted by atomic mass is 19.1. The third kappa shape index (κ3) is 3.24. The largest absolute Gasteiger partial charge is 0.489 e. The lowest BCUT2D eigenvalue weighted by atomic mass is 10.2. The van der Waals surface area contributed by atoms with Crippen molar-refractivity contribution in [3.8, 4) is 17.4 Å². The zero-order chi connectivity index (χ0) is 19.1. The third-order valence-corrected chi connectivity index (χ3v) is 5.25. The first-order valence-corrected chi connectivity index (χ1v) is 9.45. The van der Waals surface area contributed by atoms with Crippen LogP contribution in [0.5, 0.6) is 17.4 Å². The Morgan fingerprint density at radius 2 is 2.14 bits per heavy atom. The zero-order valence-corrected chi connectivity index (χ0v) is 15.5. The first-order chi connectivity index (χ1) is 13.7. The molecule has 146 valence electrons. The standard InChI is InChI=1S/C20H21FN4O3/c1-13-8-16(28-15-3-5-25-14(9-15)2-4-22-25)11-24(13)12-18-17(21)10-19-20(23-18)27-7-6-26-19/h2-5,9-10,13,16H,6-8,11-12H2,1H3/t13-,16+/m0/s1. The van der Waals surface area contributed by atoms with E-state index in [-0.39, 0.29) is 18.0 Å². The topological polar surface area (TPSA) is 61.1 Å². The maximum Gasteiger partial charge on any atom is 0.257 e. The SMILES string of the molecule is C[C@H]1C[C@@H](Oc2ccn3nccc3c2)CN1Cc1nc2c(cc1F)OCCO2. The first-order valence-electron chi connectivity index (χ1n) is 9.45. The fourth-order valence-corrected chi connectivity index (χ4v) is 3.81. The van der Waals surface area contributed by atoms with Crippen molar-refractivity contribution in [2.45, 2.75) is 32.0 Å². The molecule has 3 aromatic heterocycles. The molecule has 1 fully saturated rings. The monoisotopic (exact) mass is 384 g/mol. The molecule has 0 unspecified atom stereocenters. The molecule has 28 heavy (non-hydrogen) atoms. The van der Waals surface area contributed by atoms with Crippen LogP contribution in [-0.2, 0) is 6.54 Å². The van der Waals surface area contributed by atoms with Gasteiger partial charge in [-0.1, -0.05) is 0 Å². The molecule has 2 aliphatic rings. The summed E-state index contributed by atoms with van der Waals surface area (Å²) in [6, 6.07) is 7.45. The second-order valence-electron chi connectivity index (χ2n) is 7.23. The fraction of sp³-hybridized carbons (Fsp3) is 0.400. The summed E-state index contributed by atoms with van der Waals surface area (Å²) in [5.41, 5.74) is 1.36. The Kier molecular flexibility index (Phi) is 4.27. The number of pyridine rings is 2. The Balaban J connectivity index is 1.28. The molecule has 3 aromatic rings. The van der Waals surface area contributed by atoms with Crippen LogP contribution in [0.25, 0.3) is 5.52 Å². The van der Waals surface area contributed by atoms with Crippen LogP contribution >= 0.6 is 0 Å². The minimum absolute atomic E-state index is 0.0423. The second-order valence-corrected chi connectivity index (χ2v) is 7.23. The summed E-state index contributed by atoms with van der Waals surface area (Å²) < 4.78 is 33.3. The summed E-state index contributed by atoms with van der Waals surface area (Å²) in [6.07, 6.45) is 4.56. The van der Waals surface area contributed by atoms with Gasteiger partial charge in [0.2, 0.25) is 0 Å². The number of hydrogen-bond acceptors (Lipinski definition) is 6. The average molecular weight is 384 g/mol. The van der Waals surface area contributed by atoms with Gasteiger partial charge in [0.05, 0.1) is 11.2 Å². The quantitative estimate of drug-likeness (QED) is 0.689. The van der Waals surface area contributed by atoms with E-state index in [0.717, 1.165) is 17.7 Å². The molecule has 0 aromatic carbocycles. The molecule has 5 rings (SSSR count). The van der Waals surface area contributed by atoms with Crippen LogP contribution in [0.15, 0.2) is 36.7 Å². The lowest BCUT2D eigenvalue weighted by Crippen LogP contribution is -2.29. The molecular formula is C20H21FN4O3. The van der Waals surface area contributed by atoms with Gasteiger partial charge in [0, 0.05) is 50.1 Å². The molecular weight excluding hydrogens is 363 g/mol. The number of likely N-dealkylation sites (tertiary alicyclic amines) is 1. The van der Waals surface area contributed by atoms with Crippen LogP contribution in [0.2, 0.25) is 0 Å². The molecule has 1 saturated heterocycles. The minimum atomic E-state index is -0.369. The maximum absolute atomic E-state index is 14.5. The van der Waals surface area contributed by atoms with Crippen molar-refractivity contribution in [2.75, 3.05) is 19.8 Å². The molecule has 2 atom stereocenters. The molecule has 2 aliphatic heterocycles. The molecule has 0 aliphatic carbocycles. The summed E-state index contributed by atoms with van der Waals surface area (Å²) in [5.74, 6) is 1.19. The van der Waals surface area contributed by atoms with E-state index in [0.29, 0.717) is 43.6 Å². The van der Waals surface area contributed by atoms with Crippen LogP contribution < -0.4 is 14.2 Å². The number of halogens is 1. The smallest absolute Gasteiger partial charge is 0.257 e. The van der Waals surface area contributed by atoms with Crippen molar-refractivity contribution in [3.05, 3.63) is 48.2 Å². The molecule has 8 heteroatoms. The van der Waals surface area contributed by atoms with E-state index in [9.17, 15) is 4.39 Å². The number of rotatable bonds is 4. The van der Waals surface area contributed by atoms with Crippen LogP contribution in [-0.4, -0.2) is 51.4 Å². The van der Waals surface area contributed by atoms with Crippen molar-refractivity contribution in [1.82, 2.24) is 19.5 Å². The van der Waals surface area contributed by atoms with E-state index in [1.807, 2.05) is 24.4 Å². The zero-order valence-electron chi connectivity index (χ0n) is 15.5. The Labute approximate surface area is 161 Å². The van der Waals surface area contributed by atoms with E-state index >= 15 is 0 Å². The Morgan fingerprint density at radius 1 is 1.25 bits per heavy atom. The van der Waals surface area contributed by atoms with Crippen LogP contribution in [0.3, 0.4) is 0 Å². The molecule has 0 saturated carbocycles. The van der Waals surface area contributed by atoms with Gasteiger partial charge in [-0.15, -0.1) is 0 Å². The summed E-state index contributed by atoms with van der Waals surface area (Å²) in [5, 5.41) is 4.19. The first kappa shape index (κ1) is 17.2. The van der Waals surface area contributed by atoms with Crippen molar-refractivity contribution in [1.29, 1.82) is 0 Å². The minimum Gasteiger partial charge on any atom is -0.489 e. The van der Waals surface area contributed by atoms with Crippen LogP contribution in [0.1, 0.15) is 19.0 Å². The summed E-state index contributed by atoms with van der Waals surface area (Å²) in [6.45, 7) is 4.09. The van der Waals surface area contributed by atoms with E-state index in [1.54, 1.807) is 10.7 Å². The highest BCUT2D eigenvalue weighted by Gasteiger charge is 2.32. The number of fused-ring (bicyclic) bond motifs is 2. The molecule has 7 nitrogen and oxygen atoms in total. The van der Waals surface area contributed by atoms with Crippen LogP contribution in [0.4, 0.5) is 4.39 Å². The van der Waals surface area contributed by atoms with Gasteiger partial charge >= 0.3 is 0 Å². The van der Waals surface area contributed by atoms with Gasteiger partial charge in [0.25, 0.3) is 5.88 Å². The number of nitrogens with zero attached hydrogens (tertiary/aromatic N) is 4. The van der Waals surface area contributed by atoms with Gasteiger partial charge in [0.15, 0.2) is 5.75 Å². The van der Waals surface area contributed by atoms with Crippen molar-refractivity contribution >= 4 is 5.52 Å². The molecule has 0 radical (unpaired) electrons. The summed E-state index contributed by atoms with van der Waals surface area (Å²) in [7, 11) is 0. The van der Waals surface area contributed by atoms with E-state index in [1.165, 1.54) is 6.07 Å². The van der Waals surface area contributed by atoms with E-state index < -0.39 is 0 Å². The van der Waals surface area contributed by atoms with Gasteiger partial charge in [-0.3, -0.25) is 4.90 Å². The normalized spacial score (nSPS) is 21.9. The number of ether oxygens (including phenoxy) is 3. The number of aromatic nitrogens is 3. The van der Waals surface area contributed by atoms with Crippen molar-refractivity contribution < 1.29 is 18.6 Å². The Hall–Kier alpha value is -2.87.